The third-order valence-electron chi connectivity index (χ3n) is 2.24. The van der Waals surface area contributed by atoms with Crippen LogP contribution in [0.15, 0.2) is 29.2 Å². The molecule has 7 heteroatoms. The number of ether oxygens (including phenoxy) is 1. The Morgan fingerprint density at radius 1 is 1.39 bits per heavy atom. The van der Waals surface area contributed by atoms with Gasteiger partial charge in [-0.2, -0.15) is 0 Å². The molecule has 0 aliphatic rings. The molecule has 0 unspecified atom stereocenters. The van der Waals surface area contributed by atoms with E-state index < -0.39 is 21.9 Å². The van der Waals surface area contributed by atoms with Crippen LogP contribution in [0.25, 0.3) is 0 Å². The van der Waals surface area contributed by atoms with E-state index in [0.717, 1.165) is 0 Å². The van der Waals surface area contributed by atoms with Gasteiger partial charge in [-0.3, -0.25) is 0 Å². The minimum Gasteiger partial charge on any atom is -0.479 e. The third kappa shape index (κ3) is 4.29. The Balaban J connectivity index is 2.60. The van der Waals surface area contributed by atoms with Gasteiger partial charge in [-0.1, -0.05) is 11.6 Å². The van der Waals surface area contributed by atoms with Crippen molar-refractivity contribution in [1.82, 2.24) is 0 Å². The lowest BCUT2D eigenvalue weighted by molar-refractivity contribution is -0.148. The maximum absolute atomic E-state index is 11.8. The molecular formula is C11H13ClO5S. The summed E-state index contributed by atoms with van der Waals surface area (Å²) >= 11 is 5.66. The number of hydrogen-bond acceptors (Lipinski definition) is 4. The molecule has 1 aromatic rings. The van der Waals surface area contributed by atoms with Crippen LogP contribution in [0.3, 0.4) is 0 Å². The van der Waals surface area contributed by atoms with Crippen LogP contribution in [-0.4, -0.2) is 38.0 Å². The molecule has 100 valence electrons. The summed E-state index contributed by atoms with van der Waals surface area (Å²) in [6.07, 6.45) is -1.02. The zero-order chi connectivity index (χ0) is 13.8. The molecule has 1 atom stereocenters. The van der Waals surface area contributed by atoms with Crippen molar-refractivity contribution in [3.63, 3.8) is 0 Å². The fourth-order valence-electron chi connectivity index (χ4n) is 1.17. The van der Waals surface area contributed by atoms with Gasteiger partial charge < -0.3 is 9.84 Å². The fraction of sp³-hybridized carbons (Fsp3) is 0.364. The Morgan fingerprint density at radius 2 is 1.94 bits per heavy atom. The summed E-state index contributed by atoms with van der Waals surface area (Å²) in [6, 6.07) is 5.76. The summed E-state index contributed by atoms with van der Waals surface area (Å²) < 4.78 is 28.5. The molecular weight excluding hydrogens is 280 g/mol. The molecule has 0 aliphatic heterocycles. The van der Waals surface area contributed by atoms with Crippen LogP contribution in [-0.2, 0) is 19.4 Å². The largest absolute Gasteiger partial charge is 0.479 e. The number of rotatable bonds is 6. The van der Waals surface area contributed by atoms with E-state index in [2.05, 4.69) is 0 Å². The van der Waals surface area contributed by atoms with Crippen molar-refractivity contribution in [1.29, 1.82) is 0 Å². The maximum Gasteiger partial charge on any atom is 0.332 e. The second-order valence-corrected chi connectivity index (χ2v) is 6.17. The minimum atomic E-state index is -3.47. The van der Waals surface area contributed by atoms with E-state index >= 15 is 0 Å². The zero-order valence-corrected chi connectivity index (χ0v) is 11.2. The molecule has 0 heterocycles. The molecule has 0 amide bonds. The second kappa shape index (κ2) is 6.17. The summed E-state index contributed by atoms with van der Waals surface area (Å²) in [5, 5.41) is 9.02. The lowest BCUT2D eigenvalue weighted by atomic mass is 10.4. The number of carboxylic acids is 1. The van der Waals surface area contributed by atoms with Gasteiger partial charge in [0, 0.05) is 5.02 Å². The van der Waals surface area contributed by atoms with E-state index in [1.807, 2.05) is 0 Å². The van der Waals surface area contributed by atoms with Crippen LogP contribution >= 0.6 is 11.6 Å². The third-order valence-corrected chi connectivity index (χ3v) is 4.19. The molecule has 0 aliphatic carbocycles. The van der Waals surface area contributed by atoms with E-state index in [9.17, 15) is 13.2 Å². The number of benzene rings is 1. The molecule has 0 aromatic heterocycles. The van der Waals surface area contributed by atoms with Crippen LogP contribution in [0.1, 0.15) is 6.92 Å². The predicted molar refractivity (Wildman–Crippen MR) is 66.6 cm³/mol. The van der Waals surface area contributed by atoms with Gasteiger partial charge in [0.05, 0.1) is 17.3 Å². The van der Waals surface area contributed by atoms with Gasteiger partial charge in [0.1, 0.15) is 0 Å². The molecule has 1 rings (SSSR count). The second-order valence-electron chi connectivity index (χ2n) is 3.62. The summed E-state index contributed by atoms with van der Waals surface area (Å²) in [6.45, 7) is 1.18. The highest BCUT2D eigenvalue weighted by atomic mass is 35.5. The monoisotopic (exact) mass is 292 g/mol. The molecule has 0 spiro atoms. The van der Waals surface area contributed by atoms with Crippen molar-refractivity contribution < 1.29 is 23.1 Å². The molecule has 0 radical (unpaired) electrons. The number of halogens is 1. The highest BCUT2D eigenvalue weighted by Crippen LogP contribution is 2.15. The number of sulfone groups is 1. The minimum absolute atomic E-state index is 0.137. The average Bonchev–Trinajstić information content (AvgIpc) is 2.29. The van der Waals surface area contributed by atoms with E-state index in [4.69, 9.17) is 21.4 Å². The van der Waals surface area contributed by atoms with Crippen molar-refractivity contribution in [2.24, 2.45) is 0 Å². The molecule has 0 saturated carbocycles. The highest BCUT2D eigenvalue weighted by molar-refractivity contribution is 7.91. The predicted octanol–water partition coefficient (Wildman–Crippen LogP) is 1.60. The Hall–Kier alpha value is -1.11. The van der Waals surface area contributed by atoms with Crippen LogP contribution in [0.2, 0.25) is 5.02 Å². The molecule has 18 heavy (non-hydrogen) atoms. The Bertz CT molecular complexity index is 509. The first-order chi connectivity index (χ1) is 8.33. The highest BCUT2D eigenvalue weighted by Gasteiger charge is 2.16. The number of aliphatic carboxylic acids is 1. The standard InChI is InChI=1S/C11H13ClO5S/c1-8(11(13)14)17-6-7-18(15,16)10-4-2-9(12)3-5-10/h2-5,8H,6-7H2,1H3,(H,13,14)/t8-/m1/s1. The first kappa shape index (κ1) is 14.9. The Morgan fingerprint density at radius 3 is 2.44 bits per heavy atom. The van der Waals surface area contributed by atoms with Crippen LogP contribution in [0.4, 0.5) is 0 Å². The van der Waals surface area contributed by atoms with Crippen molar-refractivity contribution in [3.8, 4) is 0 Å². The molecule has 1 N–H and O–H groups in total. The molecule has 1 aromatic carbocycles. The topological polar surface area (TPSA) is 80.7 Å². The van der Waals surface area contributed by atoms with Crippen molar-refractivity contribution in [2.75, 3.05) is 12.4 Å². The quantitative estimate of drug-likeness (QED) is 0.861. The maximum atomic E-state index is 11.8. The molecule has 0 saturated heterocycles. The lowest BCUT2D eigenvalue weighted by Gasteiger charge is -2.08. The van der Waals surface area contributed by atoms with E-state index in [-0.39, 0.29) is 17.3 Å². The van der Waals surface area contributed by atoms with Gasteiger partial charge in [0.2, 0.25) is 0 Å². The summed E-state index contributed by atoms with van der Waals surface area (Å²) in [5.41, 5.74) is 0. The van der Waals surface area contributed by atoms with Gasteiger partial charge in [-0.05, 0) is 31.2 Å². The normalized spacial score (nSPS) is 13.2. The van der Waals surface area contributed by atoms with E-state index in [1.165, 1.54) is 31.2 Å². The van der Waals surface area contributed by atoms with E-state index in [0.29, 0.717) is 5.02 Å². The summed E-state index contributed by atoms with van der Waals surface area (Å²) in [4.78, 5) is 10.6. The van der Waals surface area contributed by atoms with Crippen LogP contribution < -0.4 is 0 Å². The van der Waals surface area contributed by atoms with Gasteiger partial charge in [-0.15, -0.1) is 0 Å². The van der Waals surface area contributed by atoms with Gasteiger partial charge in [0.15, 0.2) is 15.9 Å². The van der Waals surface area contributed by atoms with Crippen molar-refractivity contribution in [3.05, 3.63) is 29.3 Å². The van der Waals surface area contributed by atoms with Gasteiger partial charge in [0.25, 0.3) is 0 Å². The fourth-order valence-corrected chi connectivity index (χ4v) is 2.39. The SMILES string of the molecule is C[C@@H](OCCS(=O)(=O)c1ccc(Cl)cc1)C(=O)O. The Labute approximate surface area is 110 Å². The first-order valence-electron chi connectivity index (χ1n) is 5.15. The van der Waals surface area contributed by atoms with Gasteiger partial charge in [-0.25, -0.2) is 13.2 Å². The average molecular weight is 293 g/mol. The van der Waals surface area contributed by atoms with Crippen LogP contribution in [0, 0.1) is 0 Å². The van der Waals surface area contributed by atoms with E-state index in [1.54, 1.807) is 0 Å². The number of carboxylic acid groups (broad SMARTS) is 1. The van der Waals surface area contributed by atoms with Gasteiger partial charge >= 0.3 is 5.97 Å². The summed E-state index contributed by atoms with van der Waals surface area (Å²) in [7, 11) is -3.47. The number of hydrogen-bond donors (Lipinski definition) is 1. The zero-order valence-electron chi connectivity index (χ0n) is 9.67. The summed E-state index contributed by atoms with van der Waals surface area (Å²) in [5.74, 6) is -1.40. The first-order valence-corrected chi connectivity index (χ1v) is 7.18. The van der Waals surface area contributed by atoms with Crippen LogP contribution in [0.5, 0.6) is 0 Å². The molecule has 0 fully saturated rings. The molecule has 0 bridgehead atoms. The Kier molecular flexibility index (Phi) is 5.13. The van der Waals surface area contributed by atoms with Crippen molar-refractivity contribution in [2.45, 2.75) is 17.9 Å². The molecule has 5 nitrogen and oxygen atoms in total. The lowest BCUT2D eigenvalue weighted by Crippen LogP contribution is -2.23. The number of carbonyl (C=O) groups is 1. The smallest absolute Gasteiger partial charge is 0.332 e. The van der Waals surface area contributed by atoms with Crippen molar-refractivity contribution >= 4 is 27.4 Å².